The molecule has 1 aliphatic rings. The van der Waals surface area contributed by atoms with Crippen molar-refractivity contribution in [3.8, 4) is 0 Å². The zero-order valence-corrected chi connectivity index (χ0v) is 9.60. The Morgan fingerprint density at radius 2 is 1.93 bits per heavy atom. The third-order valence-corrected chi connectivity index (χ3v) is 3.17. The van der Waals surface area contributed by atoms with E-state index < -0.39 is 0 Å². The smallest absolute Gasteiger partial charge is 0.0298 e. The number of benzene rings is 1. The molecule has 0 saturated heterocycles. The summed E-state index contributed by atoms with van der Waals surface area (Å²) in [7, 11) is 0. The van der Waals surface area contributed by atoms with E-state index in [2.05, 4.69) is 38.1 Å². The molecule has 0 aliphatic heterocycles. The van der Waals surface area contributed by atoms with Gasteiger partial charge in [-0.25, -0.2) is 0 Å². The molecule has 2 rings (SSSR count). The van der Waals surface area contributed by atoms with Crippen LogP contribution in [0.2, 0.25) is 0 Å². The second-order valence-electron chi connectivity index (χ2n) is 4.62. The Bertz CT molecular complexity index is 320. The highest BCUT2D eigenvalue weighted by atomic mass is 35.5. The molecule has 14 heavy (non-hydrogen) atoms. The summed E-state index contributed by atoms with van der Waals surface area (Å²) in [6, 6.07) is 8.83. The Labute approximate surface area is 92.1 Å². The average molecular weight is 212 g/mol. The Hall–Kier alpha value is -0.530. The second-order valence-corrected chi connectivity index (χ2v) is 4.62. The fraction of sp³-hybridized carbons (Fsp3) is 0.500. The van der Waals surface area contributed by atoms with E-state index in [4.69, 9.17) is 5.73 Å². The summed E-state index contributed by atoms with van der Waals surface area (Å²) in [5, 5.41) is 0. The Balaban J connectivity index is 0.000000980. The monoisotopic (exact) mass is 211 g/mol. The third-order valence-electron chi connectivity index (χ3n) is 3.17. The van der Waals surface area contributed by atoms with E-state index >= 15 is 0 Å². The van der Waals surface area contributed by atoms with Crippen LogP contribution in [-0.2, 0) is 5.41 Å². The van der Waals surface area contributed by atoms with Gasteiger partial charge in [0.25, 0.3) is 0 Å². The van der Waals surface area contributed by atoms with Crippen molar-refractivity contribution in [2.45, 2.75) is 38.1 Å². The molecule has 0 bridgehead atoms. The minimum Gasteiger partial charge on any atom is -0.324 e. The minimum atomic E-state index is 0. The Morgan fingerprint density at radius 1 is 1.29 bits per heavy atom. The lowest BCUT2D eigenvalue weighted by Gasteiger charge is -2.35. The molecule has 1 atom stereocenters. The summed E-state index contributed by atoms with van der Waals surface area (Å²) < 4.78 is 0. The van der Waals surface area contributed by atoms with Crippen molar-refractivity contribution in [1.29, 1.82) is 0 Å². The maximum absolute atomic E-state index is 6.07. The van der Waals surface area contributed by atoms with Crippen LogP contribution in [0.1, 0.15) is 43.9 Å². The molecule has 1 aromatic rings. The van der Waals surface area contributed by atoms with Gasteiger partial charge in [0.1, 0.15) is 0 Å². The fourth-order valence-corrected chi connectivity index (χ4v) is 2.24. The number of rotatable bonds is 0. The lowest BCUT2D eigenvalue weighted by atomic mass is 9.71. The first-order valence-electron chi connectivity index (χ1n) is 4.96. The van der Waals surface area contributed by atoms with Crippen LogP contribution in [0.5, 0.6) is 0 Å². The molecule has 1 aliphatic carbocycles. The van der Waals surface area contributed by atoms with Crippen LogP contribution in [0.15, 0.2) is 24.3 Å². The molecule has 0 unspecified atom stereocenters. The molecule has 2 heteroatoms. The first kappa shape index (κ1) is 11.5. The fourth-order valence-electron chi connectivity index (χ4n) is 2.24. The first-order chi connectivity index (χ1) is 6.11. The topological polar surface area (TPSA) is 26.0 Å². The summed E-state index contributed by atoms with van der Waals surface area (Å²) in [5.41, 5.74) is 9.16. The van der Waals surface area contributed by atoms with Crippen molar-refractivity contribution in [3.63, 3.8) is 0 Å². The summed E-state index contributed by atoms with van der Waals surface area (Å²) in [5.74, 6) is 0. The molecule has 2 N–H and O–H groups in total. The van der Waals surface area contributed by atoms with E-state index in [0.717, 1.165) is 6.42 Å². The van der Waals surface area contributed by atoms with E-state index in [0.29, 0.717) is 5.41 Å². The molecule has 1 nitrogen and oxygen atoms in total. The maximum Gasteiger partial charge on any atom is 0.0298 e. The second kappa shape index (κ2) is 3.92. The molecule has 0 amide bonds. The van der Waals surface area contributed by atoms with E-state index in [1.165, 1.54) is 17.5 Å². The van der Waals surface area contributed by atoms with E-state index in [9.17, 15) is 0 Å². The molecule has 0 spiro atoms. The van der Waals surface area contributed by atoms with Gasteiger partial charge in [-0.05, 0) is 29.4 Å². The summed E-state index contributed by atoms with van der Waals surface area (Å²) in [6.45, 7) is 4.61. The van der Waals surface area contributed by atoms with Crippen molar-refractivity contribution in [1.82, 2.24) is 0 Å². The van der Waals surface area contributed by atoms with Gasteiger partial charge in [0.15, 0.2) is 0 Å². The molecular formula is C12H18ClN. The quantitative estimate of drug-likeness (QED) is 0.701. The Kier molecular flexibility index (Phi) is 3.23. The van der Waals surface area contributed by atoms with Gasteiger partial charge in [-0.3, -0.25) is 0 Å². The van der Waals surface area contributed by atoms with Crippen molar-refractivity contribution in [3.05, 3.63) is 35.4 Å². The normalized spacial score (nSPS) is 23.5. The van der Waals surface area contributed by atoms with E-state index in [-0.39, 0.29) is 18.4 Å². The highest BCUT2D eigenvalue weighted by molar-refractivity contribution is 5.85. The maximum atomic E-state index is 6.07. The summed E-state index contributed by atoms with van der Waals surface area (Å²) in [6.07, 6.45) is 2.31. The number of hydrogen-bond acceptors (Lipinski definition) is 1. The molecule has 1 aromatic carbocycles. The highest BCUT2D eigenvalue weighted by Gasteiger charge is 2.30. The standard InChI is InChI=1S/C12H17N.ClH/c1-12(2)8-7-11(13)9-5-3-4-6-10(9)12;/h3-6,11H,7-8,13H2,1-2H3;1H/t11-;/m1./s1. The van der Waals surface area contributed by atoms with Crippen LogP contribution in [0, 0.1) is 0 Å². The van der Waals surface area contributed by atoms with Crippen LogP contribution < -0.4 is 5.73 Å². The number of hydrogen-bond donors (Lipinski definition) is 1. The van der Waals surface area contributed by atoms with Crippen molar-refractivity contribution >= 4 is 12.4 Å². The molecule has 0 radical (unpaired) electrons. The van der Waals surface area contributed by atoms with Gasteiger partial charge in [-0.1, -0.05) is 38.1 Å². The predicted molar refractivity (Wildman–Crippen MR) is 62.9 cm³/mol. The zero-order valence-electron chi connectivity index (χ0n) is 8.79. The van der Waals surface area contributed by atoms with Gasteiger partial charge in [-0.2, -0.15) is 0 Å². The highest BCUT2D eigenvalue weighted by Crippen LogP contribution is 2.39. The zero-order chi connectivity index (χ0) is 9.47. The largest absolute Gasteiger partial charge is 0.324 e. The molecular weight excluding hydrogens is 194 g/mol. The van der Waals surface area contributed by atoms with Crippen molar-refractivity contribution in [2.24, 2.45) is 5.73 Å². The van der Waals surface area contributed by atoms with Crippen molar-refractivity contribution < 1.29 is 0 Å². The van der Waals surface area contributed by atoms with Crippen LogP contribution in [0.25, 0.3) is 0 Å². The van der Waals surface area contributed by atoms with Gasteiger partial charge >= 0.3 is 0 Å². The van der Waals surface area contributed by atoms with Gasteiger partial charge in [0.2, 0.25) is 0 Å². The van der Waals surface area contributed by atoms with Crippen LogP contribution in [0.4, 0.5) is 0 Å². The van der Waals surface area contributed by atoms with Crippen LogP contribution in [0.3, 0.4) is 0 Å². The lowest BCUT2D eigenvalue weighted by Crippen LogP contribution is -2.29. The van der Waals surface area contributed by atoms with Gasteiger partial charge in [0, 0.05) is 6.04 Å². The van der Waals surface area contributed by atoms with Crippen LogP contribution >= 0.6 is 12.4 Å². The lowest BCUT2D eigenvalue weighted by molar-refractivity contribution is 0.396. The van der Waals surface area contributed by atoms with Crippen molar-refractivity contribution in [2.75, 3.05) is 0 Å². The predicted octanol–water partition coefficient (Wildman–Crippen LogP) is 3.18. The molecule has 0 saturated carbocycles. The molecule has 0 heterocycles. The summed E-state index contributed by atoms with van der Waals surface area (Å²) >= 11 is 0. The summed E-state index contributed by atoms with van der Waals surface area (Å²) in [4.78, 5) is 0. The van der Waals surface area contributed by atoms with Gasteiger partial charge in [-0.15, -0.1) is 12.4 Å². The van der Waals surface area contributed by atoms with Gasteiger partial charge in [0.05, 0.1) is 0 Å². The number of fused-ring (bicyclic) bond motifs is 1. The average Bonchev–Trinajstić information content (AvgIpc) is 2.13. The molecule has 0 aromatic heterocycles. The van der Waals surface area contributed by atoms with E-state index in [1.807, 2.05) is 0 Å². The van der Waals surface area contributed by atoms with Crippen LogP contribution in [-0.4, -0.2) is 0 Å². The van der Waals surface area contributed by atoms with E-state index in [1.54, 1.807) is 0 Å². The first-order valence-corrected chi connectivity index (χ1v) is 4.96. The Morgan fingerprint density at radius 3 is 2.57 bits per heavy atom. The third kappa shape index (κ3) is 1.79. The minimum absolute atomic E-state index is 0. The molecule has 78 valence electrons. The number of halogens is 1. The molecule has 0 fully saturated rings. The van der Waals surface area contributed by atoms with Gasteiger partial charge < -0.3 is 5.73 Å². The SMILES string of the molecule is CC1(C)CC[C@@H](N)c2ccccc21.Cl. The number of nitrogens with two attached hydrogens (primary N) is 1.